The summed E-state index contributed by atoms with van der Waals surface area (Å²) >= 11 is 5.35. The summed E-state index contributed by atoms with van der Waals surface area (Å²) in [5, 5.41) is 0. The molecule has 0 saturated carbocycles. The van der Waals surface area contributed by atoms with Gasteiger partial charge in [-0.25, -0.2) is 0 Å². The molecule has 0 N–H and O–H groups in total. The Kier molecular flexibility index (Phi) is 5.09. The molecule has 4 heteroatoms. The van der Waals surface area contributed by atoms with Crippen molar-refractivity contribution in [1.29, 1.82) is 0 Å². The molecule has 1 unspecified atom stereocenters. The van der Waals surface area contributed by atoms with Gasteiger partial charge in [0, 0.05) is 0 Å². The van der Waals surface area contributed by atoms with Gasteiger partial charge in [0.25, 0.3) is 0 Å². The summed E-state index contributed by atoms with van der Waals surface area (Å²) in [7, 11) is -0.275. The number of carbonyl (C=O) groups is 1. The fourth-order valence-electron chi connectivity index (χ4n) is 1.10. The second-order valence-corrected chi connectivity index (χ2v) is 6.57. The van der Waals surface area contributed by atoms with E-state index in [2.05, 4.69) is 0 Å². The lowest BCUT2D eigenvalue weighted by Crippen LogP contribution is -2.15. The molecule has 0 spiro atoms. The SMILES string of the molecule is CCS(=S)c1ccccc1OC(=O)C(C)C. The molecule has 0 radical (unpaired) electrons. The summed E-state index contributed by atoms with van der Waals surface area (Å²) in [6.45, 7) is 5.67. The maximum Gasteiger partial charge on any atom is 0.313 e. The van der Waals surface area contributed by atoms with E-state index in [-0.39, 0.29) is 21.3 Å². The zero-order valence-electron chi connectivity index (χ0n) is 9.73. The molecule has 16 heavy (non-hydrogen) atoms. The molecule has 0 aliphatic rings. The standard InChI is InChI=1S/C12H16O2S2/c1-4-16(15)11-8-6-5-7-10(11)14-12(13)9(2)3/h5-9H,4H2,1-3H3. The largest absolute Gasteiger partial charge is 0.425 e. The van der Waals surface area contributed by atoms with Gasteiger partial charge in [-0.1, -0.05) is 42.4 Å². The zero-order valence-corrected chi connectivity index (χ0v) is 11.4. The number of esters is 1. The predicted octanol–water partition coefficient (Wildman–Crippen LogP) is 2.71. The van der Waals surface area contributed by atoms with E-state index in [0.29, 0.717) is 5.75 Å². The number of ether oxygens (including phenoxy) is 1. The Morgan fingerprint density at radius 2 is 2.06 bits per heavy atom. The first-order valence-electron chi connectivity index (χ1n) is 5.25. The van der Waals surface area contributed by atoms with Crippen LogP contribution in [0.15, 0.2) is 29.2 Å². The molecule has 1 aromatic rings. The summed E-state index contributed by atoms with van der Waals surface area (Å²) in [4.78, 5) is 12.5. The molecule has 0 aromatic heterocycles. The summed E-state index contributed by atoms with van der Waals surface area (Å²) in [5.74, 6) is 1.16. The molecule has 0 aliphatic heterocycles. The highest BCUT2D eigenvalue weighted by Crippen LogP contribution is 2.23. The second-order valence-electron chi connectivity index (χ2n) is 3.66. The maximum absolute atomic E-state index is 11.5. The van der Waals surface area contributed by atoms with Gasteiger partial charge in [-0.05, 0) is 29.1 Å². The van der Waals surface area contributed by atoms with Crippen molar-refractivity contribution in [1.82, 2.24) is 0 Å². The Hall–Kier alpha value is -0.740. The first-order chi connectivity index (χ1) is 7.56. The van der Waals surface area contributed by atoms with Crippen molar-refractivity contribution in [3.05, 3.63) is 24.3 Å². The van der Waals surface area contributed by atoms with Crippen molar-refractivity contribution in [2.45, 2.75) is 25.7 Å². The molecule has 0 saturated heterocycles. The molecule has 88 valence electrons. The van der Waals surface area contributed by atoms with Gasteiger partial charge in [-0.15, -0.1) is 0 Å². The van der Waals surface area contributed by atoms with Crippen LogP contribution in [-0.2, 0) is 25.4 Å². The van der Waals surface area contributed by atoms with Crippen LogP contribution in [0.1, 0.15) is 20.8 Å². The molecule has 0 amide bonds. The Labute approximate surface area is 104 Å². The van der Waals surface area contributed by atoms with Gasteiger partial charge in [-0.3, -0.25) is 4.79 Å². The lowest BCUT2D eigenvalue weighted by Gasteiger charge is -2.11. The van der Waals surface area contributed by atoms with Gasteiger partial charge in [0.15, 0.2) is 0 Å². The molecule has 0 aliphatic carbocycles. The van der Waals surface area contributed by atoms with Gasteiger partial charge in [0.2, 0.25) is 0 Å². The minimum absolute atomic E-state index is 0.124. The number of benzene rings is 1. The van der Waals surface area contributed by atoms with Gasteiger partial charge < -0.3 is 4.74 Å². The van der Waals surface area contributed by atoms with E-state index in [1.165, 1.54) is 0 Å². The number of para-hydroxylation sites is 1. The molecule has 1 aromatic carbocycles. The molecule has 1 rings (SSSR count). The van der Waals surface area contributed by atoms with Gasteiger partial charge in [-0.2, -0.15) is 0 Å². The number of hydrogen-bond acceptors (Lipinski definition) is 3. The summed E-state index contributed by atoms with van der Waals surface area (Å²) in [5.41, 5.74) is 0. The average molecular weight is 256 g/mol. The highest BCUT2D eigenvalue weighted by Gasteiger charge is 2.13. The van der Waals surface area contributed by atoms with Crippen LogP contribution in [0.5, 0.6) is 5.75 Å². The van der Waals surface area contributed by atoms with Gasteiger partial charge in [0.1, 0.15) is 5.75 Å². The van der Waals surface area contributed by atoms with Crippen LogP contribution in [-0.4, -0.2) is 11.7 Å². The first kappa shape index (κ1) is 13.3. The zero-order chi connectivity index (χ0) is 12.1. The van der Waals surface area contributed by atoms with Crippen LogP contribution in [0.3, 0.4) is 0 Å². The molecule has 0 fully saturated rings. The van der Waals surface area contributed by atoms with Crippen molar-refractivity contribution >= 4 is 26.6 Å². The Morgan fingerprint density at radius 1 is 1.44 bits per heavy atom. The second kappa shape index (κ2) is 6.11. The van der Waals surface area contributed by atoms with Crippen molar-refractivity contribution in [2.75, 3.05) is 5.75 Å². The van der Waals surface area contributed by atoms with Crippen LogP contribution >= 0.6 is 0 Å². The quantitative estimate of drug-likeness (QED) is 0.612. The molecule has 1 atom stereocenters. The molecule has 0 heterocycles. The van der Waals surface area contributed by atoms with E-state index in [9.17, 15) is 4.79 Å². The van der Waals surface area contributed by atoms with Crippen LogP contribution in [0.2, 0.25) is 0 Å². The maximum atomic E-state index is 11.5. The normalized spacial score (nSPS) is 12.5. The summed E-state index contributed by atoms with van der Waals surface area (Å²) in [6.07, 6.45) is 0. The average Bonchev–Trinajstić information content (AvgIpc) is 2.28. The fourth-order valence-corrected chi connectivity index (χ4v) is 2.39. The monoisotopic (exact) mass is 256 g/mol. The predicted molar refractivity (Wildman–Crippen MR) is 70.5 cm³/mol. The van der Waals surface area contributed by atoms with Crippen molar-refractivity contribution in [3.8, 4) is 5.75 Å². The van der Waals surface area contributed by atoms with E-state index in [1.807, 2.05) is 39.0 Å². The Morgan fingerprint density at radius 3 is 2.62 bits per heavy atom. The van der Waals surface area contributed by atoms with E-state index in [0.717, 1.165) is 10.6 Å². The van der Waals surface area contributed by atoms with Crippen molar-refractivity contribution < 1.29 is 9.53 Å². The lowest BCUT2D eigenvalue weighted by molar-refractivity contribution is -0.137. The Bertz CT molecular complexity index is 400. The van der Waals surface area contributed by atoms with E-state index < -0.39 is 0 Å². The van der Waals surface area contributed by atoms with E-state index in [4.69, 9.17) is 15.9 Å². The molecular weight excluding hydrogens is 240 g/mol. The molecular formula is C12H16O2S2. The lowest BCUT2D eigenvalue weighted by atomic mass is 10.2. The minimum Gasteiger partial charge on any atom is -0.425 e. The third-order valence-corrected chi connectivity index (χ3v) is 4.64. The highest BCUT2D eigenvalue weighted by molar-refractivity contribution is 8.28. The minimum atomic E-state index is -0.275. The highest BCUT2D eigenvalue weighted by atomic mass is 32.8. The number of rotatable bonds is 4. The Balaban J connectivity index is 2.95. The smallest absolute Gasteiger partial charge is 0.313 e. The van der Waals surface area contributed by atoms with E-state index >= 15 is 0 Å². The summed E-state index contributed by atoms with van der Waals surface area (Å²) in [6, 6.07) is 7.51. The van der Waals surface area contributed by atoms with Crippen molar-refractivity contribution in [2.24, 2.45) is 5.92 Å². The third-order valence-electron chi connectivity index (χ3n) is 2.04. The molecule has 2 nitrogen and oxygen atoms in total. The van der Waals surface area contributed by atoms with Crippen LogP contribution in [0.25, 0.3) is 0 Å². The fraction of sp³-hybridized carbons (Fsp3) is 0.417. The van der Waals surface area contributed by atoms with Gasteiger partial charge in [0.05, 0.1) is 10.8 Å². The topological polar surface area (TPSA) is 26.3 Å². The van der Waals surface area contributed by atoms with Gasteiger partial charge >= 0.3 is 5.97 Å². The van der Waals surface area contributed by atoms with Crippen LogP contribution < -0.4 is 4.74 Å². The number of carbonyl (C=O) groups excluding carboxylic acids is 1. The van der Waals surface area contributed by atoms with Crippen LogP contribution in [0, 0.1) is 5.92 Å². The summed E-state index contributed by atoms with van der Waals surface area (Å²) < 4.78 is 5.33. The first-order valence-corrected chi connectivity index (χ1v) is 7.57. The molecule has 0 bridgehead atoms. The van der Waals surface area contributed by atoms with E-state index in [1.54, 1.807) is 6.07 Å². The van der Waals surface area contributed by atoms with Crippen molar-refractivity contribution in [3.63, 3.8) is 0 Å². The van der Waals surface area contributed by atoms with Crippen LogP contribution in [0.4, 0.5) is 0 Å². The third kappa shape index (κ3) is 3.39. The number of hydrogen-bond donors (Lipinski definition) is 0.